The fourth-order valence-electron chi connectivity index (χ4n) is 2.00. The minimum absolute atomic E-state index is 0.0975. The third kappa shape index (κ3) is 2.15. The van der Waals surface area contributed by atoms with Crippen molar-refractivity contribution in [2.45, 2.75) is 0 Å². The van der Waals surface area contributed by atoms with E-state index in [2.05, 4.69) is 9.98 Å². The Morgan fingerprint density at radius 2 is 1.89 bits per heavy atom. The number of hydrogen-bond acceptors (Lipinski definition) is 3. The Hall–Kier alpha value is -2.75. The van der Waals surface area contributed by atoms with Gasteiger partial charge >= 0.3 is 0 Å². The van der Waals surface area contributed by atoms with Crippen LogP contribution in [0, 0.1) is 0 Å². The van der Waals surface area contributed by atoms with Crippen molar-refractivity contribution in [3.8, 4) is 5.88 Å². The number of anilines is 1. The zero-order chi connectivity index (χ0) is 13.2. The van der Waals surface area contributed by atoms with Gasteiger partial charge in [0, 0.05) is 22.8 Å². The van der Waals surface area contributed by atoms with Crippen LogP contribution >= 0.6 is 0 Å². The summed E-state index contributed by atoms with van der Waals surface area (Å²) >= 11 is 0. The average Bonchev–Trinajstić information content (AvgIpc) is 2.73. The van der Waals surface area contributed by atoms with E-state index in [1.54, 1.807) is 12.3 Å². The van der Waals surface area contributed by atoms with Crippen molar-refractivity contribution in [1.29, 1.82) is 0 Å². The summed E-state index contributed by atoms with van der Waals surface area (Å²) in [6.07, 6.45) is 1.64. The number of nitrogens with zero attached hydrogens (tertiary/aromatic N) is 1. The van der Waals surface area contributed by atoms with Gasteiger partial charge in [0.25, 0.3) is 0 Å². The van der Waals surface area contributed by atoms with E-state index in [-0.39, 0.29) is 5.88 Å². The molecule has 0 atom stereocenters. The van der Waals surface area contributed by atoms with Crippen LogP contribution in [0.5, 0.6) is 5.88 Å². The summed E-state index contributed by atoms with van der Waals surface area (Å²) in [4.78, 5) is 7.24. The number of aromatic hydroxyl groups is 1. The van der Waals surface area contributed by atoms with Gasteiger partial charge in [-0.25, -0.2) is 0 Å². The highest BCUT2D eigenvalue weighted by molar-refractivity contribution is 6.03. The molecule has 94 valence electrons. The quantitative estimate of drug-likeness (QED) is 0.483. The number of aliphatic imine (C=N–C) groups is 1. The molecule has 0 amide bonds. The molecule has 1 heterocycles. The first kappa shape index (κ1) is 11.3. The van der Waals surface area contributed by atoms with Gasteiger partial charge in [0.15, 0.2) is 5.88 Å². The van der Waals surface area contributed by atoms with Crippen molar-refractivity contribution < 1.29 is 5.11 Å². The zero-order valence-corrected chi connectivity index (χ0v) is 10.2. The van der Waals surface area contributed by atoms with Gasteiger partial charge in [-0.15, -0.1) is 0 Å². The van der Waals surface area contributed by atoms with Gasteiger partial charge in [0.2, 0.25) is 0 Å². The van der Waals surface area contributed by atoms with Crippen molar-refractivity contribution in [3.05, 3.63) is 54.1 Å². The third-order valence-electron chi connectivity index (χ3n) is 2.94. The molecule has 0 aliphatic heterocycles. The fourth-order valence-corrected chi connectivity index (χ4v) is 2.00. The van der Waals surface area contributed by atoms with E-state index in [0.717, 1.165) is 16.6 Å². The highest BCUT2D eigenvalue weighted by Gasteiger charge is 2.08. The summed E-state index contributed by atoms with van der Waals surface area (Å²) in [5, 5.41) is 10.8. The summed E-state index contributed by atoms with van der Waals surface area (Å²) in [6, 6.07) is 15.0. The molecule has 0 spiro atoms. The first-order valence-corrected chi connectivity index (χ1v) is 5.93. The Balaban J connectivity index is 2.07. The highest BCUT2D eigenvalue weighted by atomic mass is 16.3. The number of H-pyrrole nitrogens is 1. The molecule has 4 heteroatoms. The number of benzene rings is 2. The van der Waals surface area contributed by atoms with Crippen LogP contribution < -0.4 is 5.73 Å². The first-order valence-electron chi connectivity index (χ1n) is 5.93. The van der Waals surface area contributed by atoms with Crippen LogP contribution in [0.2, 0.25) is 0 Å². The number of hydrogen-bond donors (Lipinski definition) is 3. The fraction of sp³-hybridized carbons (Fsp3) is 0. The predicted octanol–water partition coefficient (Wildman–Crippen LogP) is 3.21. The normalized spacial score (nSPS) is 11.4. The van der Waals surface area contributed by atoms with E-state index < -0.39 is 0 Å². The van der Waals surface area contributed by atoms with Gasteiger partial charge in [-0.2, -0.15) is 0 Å². The SMILES string of the molecule is Nc1ccc2[nH]c(O)c(C=Nc3ccccc3)c2c1. The van der Waals surface area contributed by atoms with Gasteiger partial charge in [0.05, 0.1) is 11.3 Å². The molecule has 2 aromatic carbocycles. The Morgan fingerprint density at radius 1 is 1.11 bits per heavy atom. The van der Waals surface area contributed by atoms with Crippen molar-refractivity contribution in [3.63, 3.8) is 0 Å². The number of rotatable bonds is 2. The molecule has 0 fully saturated rings. The number of nitrogens with two attached hydrogens (primary N) is 1. The van der Waals surface area contributed by atoms with Crippen LogP contribution in [-0.2, 0) is 0 Å². The van der Waals surface area contributed by atoms with E-state index in [1.807, 2.05) is 42.5 Å². The van der Waals surface area contributed by atoms with Crippen molar-refractivity contribution in [1.82, 2.24) is 4.98 Å². The molecule has 3 rings (SSSR count). The van der Waals surface area contributed by atoms with Crippen LogP contribution in [0.1, 0.15) is 5.56 Å². The lowest BCUT2D eigenvalue weighted by Crippen LogP contribution is -1.84. The molecule has 0 aliphatic carbocycles. The van der Waals surface area contributed by atoms with E-state index in [4.69, 9.17) is 5.73 Å². The number of fused-ring (bicyclic) bond motifs is 1. The van der Waals surface area contributed by atoms with Gasteiger partial charge in [-0.3, -0.25) is 4.99 Å². The van der Waals surface area contributed by atoms with Gasteiger partial charge in [0.1, 0.15) is 0 Å². The summed E-state index contributed by atoms with van der Waals surface area (Å²) in [5.74, 6) is 0.0975. The largest absolute Gasteiger partial charge is 0.494 e. The molecule has 0 aliphatic rings. The number of nitrogens with one attached hydrogen (secondary N) is 1. The molecule has 0 radical (unpaired) electrons. The average molecular weight is 251 g/mol. The molecular formula is C15H13N3O. The topological polar surface area (TPSA) is 74.4 Å². The predicted molar refractivity (Wildman–Crippen MR) is 78.1 cm³/mol. The lowest BCUT2D eigenvalue weighted by atomic mass is 10.1. The molecule has 19 heavy (non-hydrogen) atoms. The minimum atomic E-state index is 0.0975. The van der Waals surface area contributed by atoms with Crippen LogP contribution in [0.25, 0.3) is 10.9 Å². The van der Waals surface area contributed by atoms with Gasteiger partial charge in [-0.05, 0) is 30.3 Å². The van der Waals surface area contributed by atoms with Crippen LogP contribution in [0.15, 0.2) is 53.5 Å². The van der Waals surface area contributed by atoms with Crippen molar-refractivity contribution in [2.24, 2.45) is 4.99 Å². The Kier molecular flexibility index (Phi) is 2.68. The second kappa shape index (κ2) is 4.49. The molecule has 4 nitrogen and oxygen atoms in total. The number of nitrogen functional groups attached to an aromatic ring is 1. The maximum Gasteiger partial charge on any atom is 0.198 e. The third-order valence-corrected chi connectivity index (χ3v) is 2.94. The second-order valence-electron chi connectivity index (χ2n) is 4.29. The monoisotopic (exact) mass is 251 g/mol. The van der Waals surface area contributed by atoms with E-state index in [9.17, 15) is 5.11 Å². The molecule has 1 aromatic heterocycles. The first-order chi connectivity index (χ1) is 9.24. The lowest BCUT2D eigenvalue weighted by Gasteiger charge is -1.95. The minimum Gasteiger partial charge on any atom is -0.494 e. The van der Waals surface area contributed by atoms with Crippen molar-refractivity contribution >= 4 is 28.5 Å². The van der Waals surface area contributed by atoms with Crippen molar-refractivity contribution in [2.75, 3.05) is 5.73 Å². The van der Waals surface area contributed by atoms with Crippen LogP contribution in [0.3, 0.4) is 0 Å². The summed E-state index contributed by atoms with van der Waals surface area (Å²) in [7, 11) is 0. The molecule has 0 bridgehead atoms. The second-order valence-corrected chi connectivity index (χ2v) is 4.29. The summed E-state index contributed by atoms with van der Waals surface area (Å²) < 4.78 is 0. The van der Waals surface area contributed by atoms with Gasteiger partial charge < -0.3 is 15.8 Å². The maximum absolute atomic E-state index is 9.92. The van der Waals surface area contributed by atoms with E-state index >= 15 is 0 Å². The van der Waals surface area contributed by atoms with Crippen LogP contribution in [-0.4, -0.2) is 16.3 Å². The highest BCUT2D eigenvalue weighted by Crippen LogP contribution is 2.27. The molecule has 0 unspecified atom stereocenters. The summed E-state index contributed by atoms with van der Waals surface area (Å²) in [5.41, 5.74) is 8.74. The molecule has 0 saturated carbocycles. The Morgan fingerprint density at radius 3 is 2.68 bits per heavy atom. The number of para-hydroxylation sites is 1. The standard InChI is InChI=1S/C15H13N3O/c16-10-6-7-14-12(8-10)13(15(19)18-14)9-17-11-4-2-1-3-5-11/h1-9,18-19H,16H2. The molecule has 3 aromatic rings. The molecular weight excluding hydrogens is 238 g/mol. The Labute approximate surface area is 110 Å². The number of aromatic amines is 1. The van der Waals surface area contributed by atoms with E-state index in [1.165, 1.54) is 0 Å². The zero-order valence-electron chi connectivity index (χ0n) is 10.2. The molecule has 4 N–H and O–H groups in total. The maximum atomic E-state index is 9.92. The van der Waals surface area contributed by atoms with Crippen LogP contribution in [0.4, 0.5) is 11.4 Å². The summed E-state index contributed by atoms with van der Waals surface area (Å²) in [6.45, 7) is 0. The number of aromatic nitrogens is 1. The molecule has 0 saturated heterocycles. The van der Waals surface area contributed by atoms with Gasteiger partial charge in [-0.1, -0.05) is 18.2 Å². The Bertz CT molecular complexity index is 745. The lowest BCUT2D eigenvalue weighted by molar-refractivity contribution is 0.457. The smallest absolute Gasteiger partial charge is 0.198 e. The van der Waals surface area contributed by atoms with E-state index in [0.29, 0.717) is 11.3 Å².